The fourth-order valence-electron chi connectivity index (χ4n) is 0. The van der Waals surface area contributed by atoms with E-state index in [0.29, 0.717) is 0 Å². The van der Waals surface area contributed by atoms with E-state index in [4.69, 9.17) is 10.0 Å². The summed E-state index contributed by atoms with van der Waals surface area (Å²) in [6.07, 6.45) is 0. The summed E-state index contributed by atoms with van der Waals surface area (Å²) in [5, 5.41) is 14.0. The molecule has 18 valence electrons. The standard InChI is InChI=1S/BH2O2.K/c2-1-3;/h2-3H;/q-1;+1. The predicted molar refractivity (Wildman–Crippen MR) is 10.2 cm³/mol. The molecule has 2 radical (unpaired) electrons. The van der Waals surface area contributed by atoms with Crippen LogP contribution in [0.25, 0.3) is 0 Å². The van der Waals surface area contributed by atoms with Crippen molar-refractivity contribution in [2.45, 2.75) is 0 Å². The third-order valence-electron chi connectivity index (χ3n) is 0. The third-order valence-corrected chi connectivity index (χ3v) is 0. The minimum absolute atomic E-state index is 0. The minimum atomic E-state index is 0. The Balaban J connectivity index is 0. The van der Waals surface area contributed by atoms with Gasteiger partial charge in [-0.2, -0.15) is 0 Å². The fraction of sp³-hybridized carbons (Fsp3) is 0. The van der Waals surface area contributed by atoms with Gasteiger partial charge >= 0.3 is 51.4 Å². The Labute approximate surface area is 67.9 Å². The fourth-order valence-corrected chi connectivity index (χ4v) is 0. The summed E-state index contributed by atoms with van der Waals surface area (Å²) in [5.74, 6) is 0. The molecule has 0 heterocycles. The van der Waals surface area contributed by atoms with E-state index in [2.05, 4.69) is 0 Å². The van der Waals surface area contributed by atoms with Gasteiger partial charge < -0.3 is 10.0 Å². The molecule has 0 aromatic carbocycles. The number of rotatable bonds is 0. The van der Waals surface area contributed by atoms with Crippen LogP contribution in [0.5, 0.6) is 0 Å². The Kier molecular flexibility index (Phi) is 20.2. The second kappa shape index (κ2) is 8.82. The van der Waals surface area contributed by atoms with Crippen LogP contribution in [0.4, 0.5) is 0 Å². The van der Waals surface area contributed by atoms with Crippen LogP contribution >= 0.6 is 0 Å². The predicted octanol–water partition coefficient (Wildman–Crippen LogP) is -4.49. The molecule has 0 fully saturated rings. The van der Waals surface area contributed by atoms with Crippen molar-refractivity contribution in [3.63, 3.8) is 0 Å². The summed E-state index contributed by atoms with van der Waals surface area (Å²) >= 11 is 0. The summed E-state index contributed by atoms with van der Waals surface area (Å²) in [7, 11) is 0. The van der Waals surface area contributed by atoms with Crippen LogP contribution in [-0.2, 0) is 0 Å². The molecule has 0 amide bonds. The molecule has 0 aliphatic carbocycles. The SMILES string of the molecule is O[B-]O.[K+]. The van der Waals surface area contributed by atoms with Gasteiger partial charge in [-0.05, 0) is 7.69 Å². The maximum Gasteiger partial charge on any atom is 1.00 e. The van der Waals surface area contributed by atoms with Crippen molar-refractivity contribution >= 4 is 7.69 Å². The molecule has 2 nitrogen and oxygen atoms in total. The van der Waals surface area contributed by atoms with Crippen LogP contribution in [-0.4, -0.2) is 17.7 Å². The molecule has 4 heteroatoms. The molecule has 0 aliphatic rings. The van der Waals surface area contributed by atoms with Gasteiger partial charge in [-0.3, -0.25) is 0 Å². The molecular formula is H2BKO2. The van der Waals surface area contributed by atoms with E-state index in [1.807, 2.05) is 0 Å². The first-order valence-electron chi connectivity index (χ1n) is 0.516. The van der Waals surface area contributed by atoms with Crippen molar-refractivity contribution in [2.75, 3.05) is 0 Å². The molecule has 0 rings (SSSR count). The molecular weight excluding hydrogens is 81.9 g/mol. The first-order valence-corrected chi connectivity index (χ1v) is 0.516. The molecule has 0 atom stereocenters. The second-order valence-corrected chi connectivity index (χ2v) is 0.115. The van der Waals surface area contributed by atoms with Crippen molar-refractivity contribution in [3.8, 4) is 0 Å². The van der Waals surface area contributed by atoms with E-state index in [-0.39, 0.29) is 59.1 Å². The van der Waals surface area contributed by atoms with Crippen molar-refractivity contribution in [3.05, 3.63) is 0 Å². The molecule has 0 aliphatic heterocycles. The van der Waals surface area contributed by atoms with Crippen LogP contribution in [0.1, 0.15) is 0 Å². The first-order chi connectivity index (χ1) is 1.41. The number of hydrogen-bond acceptors (Lipinski definition) is 2. The molecule has 0 unspecified atom stereocenters. The van der Waals surface area contributed by atoms with Gasteiger partial charge in [-0.1, -0.05) is 0 Å². The van der Waals surface area contributed by atoms with Crippen LogP contribution in [0.15, 0.2) is 0 Å². The largest absolute Gasteiger partial charge is 1.00 e. The van der Waals surface area contributed by atoms with Crippen molar-refractivity contribution < 1.29 is 61.4 Å². The summed E-state index contributed by atoms with van der Waals surface area (Å²) in [6.45, 7) is 0. The van der Waals surface area contributed by atoms with Gasteiger partial charge in [0, 0.05) is 0 Å². The van der Waals surface area contributed by atoms with Gasteiger partial charge in [-0.15, -0.1) is 0 Å². The van der Waals surface area contributed by atoms with Gasteiger partial charge in [0.2, 0.25) is 0 Å². The summed E-state index contributed by atoms with van der Waals surface area (Å²) in [5.41, 5.74) is 0. The van der Waals surface area contributed by atoms with Crippen molar-refractivity contribution in [1.82, 2.24) is 0 Å². The molecule has 0 spiro atoms. The van der Waals surface area contributed by atoms with E-state index in [1.54, 1.807) is 0 Å². The molecule has 4 heavy (non-hydrogen) atoms. The monoisotopic (exact) mass is 84.0 g/mol. The zero-order valence-corrected chi connectivity index (χ0v) is 5.59. The summed E-state index contributed by atoms with van der Waals surface area (Å²) in [6, 6.07) is 0. The molecule has 0 aromatic rings. The minimum Gasteiger partial charge on any atom is -0.639 e. The van der Waals surface area contributed by atoms with Crippen LogP contribution < -0.4 is 51.4 Å². The molecule has 2 N–H and O–H groups in total. The molecule has 0 saturated carbocycles. The molecule has 0 aromatic heterocycles. The van der Waals surface area contributed by atoms with E-state index in [0.717, 1.165) is 0 Å². The van der Waals surface area contributed by atoms with Crippen molar-refractivity contribution in [2.24, 2.45) is 0 Å². The van der Waals surface area contributed by atoms with Gasteiger partial charge in [0.1, 0.15) is 0 Å². The van der Waals surface area contributed by atoms with Crippen LogP contribution in [0.2, 0.25) is 0 Å². The normalized spacial score (nSPS) is 4.50. The van der Waals surface area contributed by atoms with E-state index in [9.17, 15) is 0 Å². The van der Waals surface area contributed by atoms with Gasteiger partial charge in [0.05, 0.1) is 0 Å². The van der Waals surface area contributed by atoms with Crippen LogP contribution in [0.3, 0.4) is 0 Å². The Hall–Kier alpha value is 1.62. The van der Waals surface area contributed by atoms with Gasteiger partial charge in [0.25, 0.3) is 0 Å². The Morgan fingerprint density at radius 3 is 1.25 bits per heavy atom. The maximum absolute atomic E-state index is 7.00. The zero-order chi connectivity index (χ0) is 2.71. The summed E-state index contributed by atoms with van der Waals surface area (Å²) in [4.78, 5) is 0. The average molecular weight is 83.9 g/mol. The topological polar surface area (TPSA) is 40.5 Å². The number of hydrogen-bond donors (Lipinski definition) is 2. The van der Waals surface area contributed by atoms with Gasteiger partial charge in [-0.25, -0.2) is 0 Å². The van der Waals surface area contributed by atoms with Crippen LogP contribution in [0, 0.1) is 0 Å². The smallest absolute Gasteiger partial charge is 0.639 e. The second-order valence-electron chi connectivity index (χ2n) is 0.115. The quantitative estimate of drug-likeness (QED) is 0.290. The van der Waals surface area contributed by atoms with Gasteiger partial charge in [0.15, 0.2) is 0 Å². The molecule has 0 bridgehead atoms. The average Bonchev–Trinajstić information content (AvgIpc) is 0.918. The van der Waals surface area contributed by atoms with E-state index < -0.39 is 0 Å². The third kappa shape index (κ3) is 9.47. The van der Waals surface area contributed by atoms with E-state index >= 15 is 0 Å². The summed E-state index contributed by atoms with van der Waals surface area (Å²) < 4.78 is 0. The maximum atomic E-state index is 7.00. The Morgan fingerprint density at radius 2 is 1.25 bits per heavy atom. The Bertz CT molecular complexity index is 6.00. The molecule has 0 saturated heterocycles. The van der Waals surface area contributed by atoms with E-state index in [1.165, 1.54) is 0 Å². The zero-order valence-electron chi connectivity index (χ0n) is 2.47. The Morgan fingerprint density at radius 1 is 1.25 bits per heavy atom. The van der Waals surface area contributed by atoms with Crippen molar-refractivity contribution in [1.29, 1.82) is 0 Å². The first kappa shape index (κ1) is 9.15.